The summed E-state index contributed by atoms with van der Waals surface area (Å²) in [6.45, 7) is 0.893. The number of thiocarbonyl (C=S) groups is 1. The molecule has 0 radical (unpaired) electrons. The molecule has 5 aromatic rings. The fraction of sp³-hybridized carbons (Fsp3) is 0.0690. The van der Waals surface area contributed by atoms with E-state index in [4.69, 9.17) is 21.4 Å². The minimum atomic E-state index is -0.302. The van der Waals surface area contributed by atoms with Crippen LogP contribution in [-0.2, 0) is 13.2 Å². The Morgan fingerprint density at radius 2 is 1.64 bits per heavy atom. The number of carbonyl (C=O) groups excluding carboxylic acids is 1. The lowest BCUT2D eigenvalue weighted by Crippen LogP contribution is -2.38. The molecule has 0 fully saturated rings. The molecular weight excluding hydrogens is 470 g/mol. The van der Waals surface area contributed by atoms with Crippen LogP contribution in [0.4, 0.5) is 0 Å². The Labute approximate surface area is 213 Å². The second-order valence-electron chi connectivity index (χ2n) is 8.12. The third kappa shape index (κ3) is 5.76. The van der Waals surface area contributed by atoms with Crippen LogP contribution in [-0.4, -0.2) is 16.0 Å². The van der Waals surface area contributed by atoms with Crippen molar-refractivity contribution in [3.63, 3.8) is 0 Å². The highest BCUT2D eigenvalue weighted by Gasteiger charge is 2.10. The monoisotopic (exact) mass is 493 g/mol. The van der Waals surface area contributed by atoms with E-state index in [0.717, 1.165) is 27.8 Å². The molecule has 0 saturated carbocycles. The quantitative estimate of drug-likeness (QED) is 0.276. The predicted molar refractivity (Wildman–Crippen MR) is 144 cm³/mol. The largest absolute Gasteiger partial charge is 0.489 e. The number of rotatable bonds is 7. The van der Waals surface area contributed by atoms with Crippen molar-refractivity contribution in [3.8, 4) is 17.2 Å². The first-order valence-electron chi connectivity index (χ1n) is 11.4. The molecule has 1 aromatic heterocycles. The maximum Gasteiger partial charge on any atom is 0.257 e. The molecule has 5 rings (SSSR count). The summed E-state index contributed by atoms with van der Waals surface area (Å²) in [5.41, 5.74) is 5.00. The first-order valence-corrected chi connectivity index (χ1v) is 11.9. The molecule has 0 aliphatic rings. The lowest BCUT2D eigenvalue weighted by Gasteiger charge is -2.11. The van der Waals surface area contributed by atoms with Crippen molar-refractivity contribution < 1.29 is 13.9 Å². The second-order valence-corrected chi connectivity index (χ2v) is 8.53. The summed E-state index contributed by atoms with van der Waals surface area (Å²) in [5.74, 6) is 0.891. The summed E-state index contributed by atoms with van der Waals surface area (Å²) in [6.07, 6.45) is 0. The van der Waals surface area contributed by atoms with Crippen molar-refractivity contribution in [1.29, 1.82) is 0 Å². The maximum absolute atomic E-state index is 12.7. The molecule has 6 nitrogen and oxygen atoms in total. The van der Waals surface area contributed by atoms with Crippen molar-refractivity contribution in [2.45, 2.75) is 13.2 Å². The number of ether oxygens (including phenoxy) is 1. The predicted octanol–water partition coefficient (Wildman–Crippen LogP) is 5.88. The molecule has 0 unspecified atom stereocenters. The van der Waals surface area contributed by atoms with Crippen LogP contribution in [0.2, 0.25) is 0 Å². The fourth-order valence-electron chi connectivity index (χ4n) is 3.63. The standard InChI is InChI=1S/C29H23N3O3S/c33-27(23-9-6-10-24(17-23)34-19-21-7-2-1-3-8-21)32-29(36)30-18-20-13-15-22(16-14-20)28-31-25-11-4-5-12-26(25)35-28/h1-17H,18-19H2,(H2,30,32,33,36). The molecule has 0 spiro atoms. The number of para-hydroxylation sites is 2. The summed E-state index contributed by atoms with van der Waals surface area (Å²) in [4.78, 5) is 17.2. The first-order chi connectivity index (χ1) is 17.6. The Morgan fingerprint density at radius 1 is 0.861 bits per heavy atom. The van der Waals surface area contributed by atoms with Gasteiger partial charge in [0.15, 0.2) is 10.7 Å². The van der Waals surface area contributed by atoms with Crippen molar-refractivity contribution in [2.24, 2.45) is 0 Å². The molecule has 0 bridgehead atoms. The highest BCUT2D eigenvalue weighted by Crippen LogP contribution is 2.24. The van der Waals surface area contributed by atoms with E-state index in [1.807, 2.05) is 84.9 Å². The van der Waals surface area contributed by atoms with Gasteiger partial charge < -0.3 is 14.5 Å². The third-order valence-corrected chi connectivity index (χ3v) is 5.77. The van der Waals surface area contributed by atoms with Crippen LogP contribution in [0.25, 0.3) is 22.6 Å². The van der Waals surface area contributed by atoms with Gasteiger partial charge in [0.2, 0.25) is 5.89 Å². The number of hydrogen-bond acceptors (Lipinski definition) is 5. The minimum absolute atomic E-state index is 0.249. The van der Waals surface area contributed by atoms with E-state index in [2.05, 4.69) is 15.6 Å². The van der Waals surface area contributed by atoms with Gasteiger partial charge in [-0.15, -0.1) is 0 Å². The van der Waals surface area contributed by atoms with Crippen molar-refractivity contribution in [2.75, 3.05) is 0 Å². The lowest BCUT2D eigenvalue weighted by molar-refractivity contribution is 0.0976. The Bertz CT molecular complexity index is 1460. The van der Waals surface area contributed by atoms with Gasteiger partial charge >= 0.3 is 0 Å². The fourth-order valence-corrected chi connectivity index (χ4v) is 3.80. The number of hydrogen-bond donors (Lipinski definition) is 2. The summed E-state index contributed by atoms with van der Waals surface area (Å²) < 4.78 is 11.6. The van der Waals surface area contributed by atoms with Crippen molar-refractivity contribution in [3.05, 3.63) is 120 Å². The van der Waals surface area contributed by atoms with Gasteiger partial charge in [0.1, 0.15) is 17.9 Å². The van der Waals surface area contributed by atoms with E-state index in [1.165, 1.54) is 0 Å². The molecule has 7 heteroatoms. The molecule has 4 aromatic carbocycles. The number of amides is 1. The van der Waals surface area contributed by atoms with E-state index in [1.54, 1.807) is 18.2 Å². The van der Waals surface area contributed by atoms with E-state index < -0.39 is 0 Å². The zero-order valence-corrected chi connectivity index (χ0v) is 20.1. The molecule has 1 heterocycles. The maximum atomic E-state index is 12.7. The Balaban J connectivity index is 1.13. The molecule has 2 N–H and O–H groups in total. The number of aromatic nitrogens is 1. The number of nitrogens with one attached hydrogen (secondary N) is 2. The summed E-state index contributed by atoms with van der Waals surface area (Å²) in [6, 6.07) is 32.4. The number of carbonyl (C=O) groups is 1. The molecule has 1 amide bonds. The second kappa shape index (κ2) is 10.8. The smallest absolute Gasteiger partial charge is 0.257 e. The minimum Gasteiger partial charge on any atom is -0.489 e. The van der Waals surface area contributed by atoms with Gasteiger partial charge in [0.25, 0.3) is 5.91 Å². The highest BCUT2D eigenvalue weighted by molar-refractivity contribution is 7.80. The number of fused-ring (bicyclic) bond motifs is 1. The molecule has 178 valence electrons. The number of nitrogens with zero attached hydrogens (tertiary/aromatic N) is 1. The van der Waals surface area contributed by atoms with Gasteiger partial charge in [-0.2, -0.15) is 0 Å². The molecular formula is C29H23N3O3S. The molecule has 0 aliphatic carbocycles. The van der Waals surface area contributed by atoms with Gasteiger partial charge in [-0.1, -0.05) is 60.7 Å². The van der Waals surface area contributed by atoms with Crippen LogP contribution in [0.15, 0.2) is 108 Å². The Morgan fingerprint density at radius 3 is 2.44 bits per heavy atom. The van der Waals surface area contributed by atoms with E-state index in [-0.39, 0.29) is 11.0 Å². The van der Waals surface area contributed by atoms with Crippen LogP contribution in [0, 0.1) is 0 Å². The van der Waals surface area contributed by atoms with Crippen LogP contribution in [0.5, 0.6) is 5.75 Å². The topological polar surface area (TPSA) is 76.4 Å². The van der Waals surface area contributed by atoms with Crippen LogP contribution >= 0.6 is 12.2 Å². The molecule has 36 heavy (non-hydrogen) atoms. The Kier molecular flexibility index (Phi) is 7.00. The van der Waals surface area contributed by atoms with Gasteiger partial charge in [-0.25, -0.2) is 4.98 Å². The average molecular weight is 494 g/mol. The molecule has 0 aliphatic heterocycles. The summed E-state index contributed by atoms with van der Waals surface area (Å²) in [7, 11) is 0. The van der Waals surface area contributed by atoms with Gasteiger partial charge in [-0.3, -0.25) is 10.1 Å². The average Bonchev–Trinajstić information content (AvgIpc) is 3.36. The van der Waals surface area contributed by atoms with E-state index >= 15 is 0 Å². The van der Waals surface area contributed by atoms with Crippen LogP contribution < -0.4 is 15.4 Å². The van der Waals surface area contributed by atoms with Gasteiger partial charge in [-0.05, 0) is 65.8 Å². The zero-order chi connectivity index (χ0) is 24.7. The van der Waals surface area contributed by atoms with Crippen molar-refractivity contribution >= 4 is 34.3 Å². The van der Waals surface area contributed by atoms with Gasteiger partial charge in [0, 0.05) is 17.7 Å². The number of benzene rings is 4. The summed E-state index contributed by atoms with van der Waals surface area (Å²) >= 11 is 5.32. The Hall–Kier alpha value is -4.49. The van der Waals surface area contributed by atoms with Gasteiger partial charge in [0.05, 0.1) is 0 Å². The molecule has 0 saturated heterocycles. The van der Waals surface area contributed by atoms with Crippen LogP contribution in [0.3, 0.4) is 0 Å². The first kappa shape index (κ1) is 23.3. The third-order valence-electron chi connectivity index (χ3n) is 5.52. The van der Waals surface area contributed by atoms with Crippen molar-refractivity contribution in [1.82, 2.24) is 15.6 Å². The van der Waals surface area contributed by atoms with Crippen LogP contribution in [0.1, 0.15) is 21.5 Å². The molecule has 0 atom stereocenters. The SMILES string of the molecule is O=C(NC(=S)NCc1ccc(-c2nc3ccccc3o2)cc1)c1cccc(OCc2ccccc2)c1. The highest BCUT2D eigenvalue weighted by atomic mass is 32.1. The zero-order valence-electron chi connectivity index (χ0n) is 19.3. The van der Waals surface area contributed by atoms with E-state index in [0.29, 0.717) is 30.4 Å². The van der Waals surface area contributed by atoms with E-state index in [9.17, 15) is 4.79 Å². The number of oxazole rings is 1. The summed E-state index contributed by atoms with van der Waals surface area (Å²) in [5, 5.41) is 6.04. The normalized spacial score (nSPS) is 10.7. The lowest BCUT2D eigenvalue weighted by atomic mass is 10.1.